The Kier molecular flexibility index (Phi) is 4.04. The Morgan fingerprint density at radius 1 is 1.30 bits per heavy atom. The van der Waals surface area contributed by atoms with Crippen molar-refractivity contribution in [3.8, 4) is 0 Å². The zero-order chi connectivity index (χ0) is 14.8. The van der Waals surface area contributed by atoms with Gasteiger partial charge in [-0.25, -0.2) is 4.79 Å². The fourth-order valence-electron chi connectivity index (χ4n) is 2.27. The number of hydrogen-bond donors (Lipinski definition) is 2. The maximum Gasteiger partial charge on any atom is 0.408 e. The lowest BCUT2D eigenvalue weighted by Gasteiger charge is -2.23. The number of benzene rings is 1. The van der Waals surface area contributed by atoms with E-state index in [1.807, 2.05) is 20.8 Å². The van der Waals surface area contributed by atoms with Crippen LogP contribution in [-0.2, 0) is 16.7 Å². The molecule has 0 saturated heterocycles. The van der Waals surface area contributed by atoms with Crippen molar-refractivity contribution >= 4 is 6.09 Å². The van der Waals surface area contributed by atoms with Gasteiger partial charge in [0.1, 0.15) is 5.60 Å². The normalized spacial score (nSPS) is 16.6. The number of carbonyl (C=O) groups excluding carboxylic acids is 1. The smallest absolute Gasteiger partial charge is 0.408 e. The lowest BCUT2D eigenvalue weighted by molar-refractivity contribution is 0.0495. The van der Waals surface area contributed by atoms with E-state index in [1.165, 1.54) is 5.56 Å². The Labute approximate surface area is 120 Å². The molecule has 0 radical (unpaired) electrons. The predicted octanol–water partition coefficient (Wildman–Crippen LogP) is 2.70. The fourth-order valence-corrected chi connectivity index (χ4v) is 2.27. The van der Waals surface area contributed by atoms with Crippen LogP contribution in [0.4, 0.5) is 4.79 Å². The molecule has 4 nitrogen and oxygen atoms in total. The van der Waals surface area contributed by atoms with Crippen molar-refractivity contribution in [1.29, 1.82) is 0 Å². The maximum atomic E-state index is 11.9. The average Bonchev–Trinajstić information content (AvgIpc) is 3.08. The summed E-state index contributed by atoms with van der Waals surface area (Å²) in [6.07, 6.45) is 2.46. The number of hydrogen-bond acceptors (Lipinski definition) is 3. The number of carbonyl (C=O) groups is 1. The van der Waals surface area contributed by atoms with Gasteiger partial charge in [0.25, 0.3) is 0 Å². The zero-order valence-electron chi connectivity index (χ0n) is 12.5. The molecule has 1 aromatic carbocycles. The van der Waals surface area contributed by atoms with E-state index in [1.54, 1.807) is 0 Å². The van der Waals surface area contributed by atoms with Gasteiger partial charge >= 0.3 is 6.09 Å². The molecular formula is C16H24N2O2. The van der Waals surface area contributed by atoms with Gasteiger partial charge in [-0.15, -0.1) is 0 Å². The van der Waals surface area contributed by atoms with Gasteiger partial charge in [-0.05, 0) is 57.7 Å². The summed E-state index contributed by atoms with van der Waals surface area (Å²) in [5, 5.41) is 3.01. The summed E-state index contributed by atoms with van der Waals surface area (Å²) in [5.74, 6) is 0. The van der Waals surface area contributed by atoms with Crippen LogP contribution in [0.3, 0.4) is 0 Å². The molecule has 20 heavy (non-hydrogen) atoms. The Morgan fingerprint density at radius 2 is 1.90 bits per heavy atom. The first-order chi connectivity index (χ1) is 9.35. The third-order valence-electron chi connectivity index (χ3n) is 3.43. The highest BCUT2D eigenvalue weighted by atomic mass is 16.6. The second kappa shape index (κ2) is 5.44. The van der Waals surface area contributed by atoms with E-state index < -0.39 is 5.60 Å². The van der Waals surface area contributed by atoms with Gasteiger partial charge in [-0.3, -0.25) is 0 Å². The first kappa shape index (κ1) is 14.9. The van der Waals surface area contributed by atoms with Crippen LogP contribution in [-0.4, -0.2) is 18.2 Å². The van der Waals surface area contributed by atoms with Gasteiger partial charge in [-0.2, -0.15) is 0 Å². The van der Waals surface area contributed by atoms with Crippen LogP contribution in [0, 0.1) is 0 Å². The van der Waals surface area contributed by atoms with E-state index >= 15 is 0 Å². The van der Waals surface area contributed by atoms with Gasteiger partial charge in [0.15, 0.2) is 0 Å². The van der Waals surface area contributed by atoms with Crippen LogP contribution in [0.5, 0.6) is 0 Å². The third kappa shape index (κ3) is 3.73. The van der Waals surface area contributed by atoms with Crippen LogP contribution in [0.15, 0.2) is 24.3 Å². The summed E-state index contributed by atoms with van der Waals surface area (Å²) in [7, 11) is 0. The number of nitrogens with two attached hydrogens (primary N) is 1. The van der Waals surface area contributed by atoms with E-state index in [4.69, 9.17) is 10.5 Å². The van der Waals surface area contributed by atoms with Crippen molar-refractivity contribution in [3.05, 3.63) is 35.4 Å². The lowest BCUT2D eigenvalue weighted by atomic mass is 10.0. The molecule has 0 unspecified atom stereocenters. The molecule has 0 atom stereocenters. The van der Waals surface area contributed by atoms with Crippen molar-refractivity contribution in [2.45, 2.75) is 51.2 Å². The van der Waals surface area contributed by atoms with Crippen LogP contribution < -0.4 is 11.1 Å². The molecule has 0 heterocycles. The highest BCUT2D eigenvalue weighted by Crippen LogP contribution is 2.45. The topological polar surface area (TPSA) is 64.3 Å². The van der Waals surface area contributed by atoms with E-state index in [-0.39, 0.29) is 11.6 Å². The largest absolute Gasteiger partial charge is 0.444 e. The summed E-state index contributed by atoms with van der Waals surface area (Å²) < 4.78 is 5.33. The Morgan fingerprint density at radius 3 is 2.35 bits per heavy atom. The molecular weight excluding hydrogens is 252 g/mol. The number of rotatable bonds is 4. The van der Waals surface area contributed by atoms with Crippen molar-refractivity contribution in [2.24, 2.45) is 5.73 Å². The zero-order valence-corrected chi connectivity index (χ0v) is 12.5. The molecule has 0 spiro atoms. The number of ether oxygens (including phenoxy) is 1. The third-order valence-corrected chi connectivity index (χ3v) is 3.43. The fraction of sp³-hybridized carbons (Fsp3) is 0.562. The molecule has 0 aromatic heterocycles. The molecule has 1 saturated carbocycles. The first-order valence-electron chi connectivity index (χ1n) is 7.15. The Bertz CT molecular complexity index is 470. The number of nitrogens with one attached hydrogen (secondary N) is 1. The molecule has 1 fully saturated rings. The van der Waals surface area contributed by atoms with Gasteiger partial charge in [0.2, 0.25) is 0 Å². The minimum atomic E-state index is -0.467. The highest BCUT2D eigenvalue weighted by molar-refractivity contribution is 5.70. The van der Waals surface area contributed by atoms with Gasteiger partial charge < -0.3 is 15.8 Å². The van der Waals surface area contributed by atoms with Gasteiger partial charge in [-0.1, -0.05) is 24.3 Å². The maximum absolute atomic E-state index is 11.9. The van der Waals surface area contributed by atoms with Crippen molar-refractivity contribution in [2.75, 3.05) is 6.54 Å². The van der Waals surface area contributed by atoms with Crippen LogP contribution >= 0.6 is 0 Å². The molecule has 1 aliphatic rings. The predicted molar refractivity (Wildman–Crippen MR) is 79.5 cm³/mol. The summed E-state index contributed by atoms with van der Waals surface area (Å²) in [6, 6.07) is 8.32. The number of amides is 1. The molecule has 1 aliphatic carbocycles. The van der Waals surface area contributed by atoms with Crippen molar-refractivity contribution < 1.29 is 9.53 Å². The summed E-state index contributed by atoms with van der Waals surface area (Å²) in [5.41, 5.74) is 7.22. The molecule has 0 bridgehead atoms. The minimum Gasteiger partial charge on any atom is -0.444 e. The quantitative estimate of drug-likeness (QED) is 0.888. The highest BCUT2D eigenvalue weighted by Gasteiger charge is 2.46. The number of alkyl carbamates (subject to hydrolysis) is 1. The lowest BCUT2D eigenvalue weighted by Crippen LogP contribution is -2.39. The van der Waals surface area contributed by atoms with E-state index in [2.05, 4.69) is 29.6 Å². The monoisotopic (exact) mass is 276 g/mol. The van der Waals surface area contributed by atoms with Gasteiger partial charge in [0.05, 0.1) is 5.54 Å². The minimum absolute atomic E-state index is 0.233. The molecule has 1 aromatic rings. The second-order valence-corrected chi connectivity index (χ2v) is 6.44. The molecule has 0 aliphatic heterocycles. The molecule has 110 valence electrons. The SMILES string of the molecule is CC(C)(C)OC(=O)NC1(c2ccc(CCN)cc2)CC1. The van der Waals surface area contributed by atoms with Crippen LogP contribution in [0.25, 0.3) is 0 Å². The first-order valence-corrected chi connectivity index (χ1v) is 7.15. The van der Waals surface area contributed by atoms with Crippen molar-refractivity contribution in [3.63, 3.8) is 0 Å². The van der Waals surface area contributed by atoms with E-state index in [9.17, 15) is 4.79 Å². The second-order valence-electron chi connectivity index (χ2n) is 6.44. The van der Waals surface area contributed by atoms with Crippen LogP contribution in [0.1, 0.15) is 44.7 Å². The average molecular weight is 276 g/mol. The van der Waals surface area contributed by atoms with E-state index in [0.717, 1.165) is 24.8 Å². The molecule has 1 amide bonds. The Balaban J connectivity index is 2.02. The Hall–Kier alpha value is -1.55. The molecule has 4 heteroatoms. The summed E-state index contributed by atoms with van der Waals surface area (Å²) in [4.78, 5) is 11.9. The van der Waals surface area contributed by atoms with Crippen molar-refractivity contribution in [1.82, 2.24) is 5.32 Å². The van der Waals surface area contributed by atoms with Gasteiger partial charge in [0, 0.05) is 0 Å². The molecule has 2 rings (SSSR count). The standard InChI is InChI=1S/C16H24N2O2/c1-15(2,3)20-14(19)18-16(9-10-16)13-6-4-12(5-7-13)8-11-17/h4-7H,8-11,17H2,1-3H3,(H,18,19). The summed E-state index contributed by atoms with van der Waals surface area (Å²) in [6.45, 7) is 6.26. The van der Waals surface area contributed by atoms with E-state index in [0.29, 0.717) is 6.54 Å². The van der Waals surface area contributed by atoms with Crippen LogP contribution in [0.2, 0.25) is 0 Å². The molecule has 3 N–H and O–H groups in total. The summed E-state index contributed by atoms with van der Waals surface area (Å²) >= 11 is 0.